The van der Waals surface area contributed by atoms with Gasteiger partial charge in [-0.25, -0.2) is 18.5 Å². The second-order valence-corrected chi connectivity index (χ2v) is 9.08. The highest BCUT2D eigenvalue weighted by Crippen LogP contribution is 2.32. The fourth-order valence-corrected chi connectivity index (χ4v) is 3.89. The van der Waals surface area contributed by atoms with Crippen LogP contribution in [-0.4, -0.2) is 53.0 Å². The minimum atomic E-state index is -0.746. The Bertz CT molecular complexity index is 1080. The van der Waals surface area contributed by atoms with Crippen molar-refractivity contribution in [1.82, 2.24) is 14.7 Å². The van der Waals surface area contributed by atoms with Crippen LogP contribution in [-0.2, 0) is 4.74 Å². The summed E-state index contributed by atoms with van der Waals surface area (Å²) in [6, 6.07) is 7.96. The summed E-state index contributed by atoms with van der Waals surface area (Å²) >= 11 is 6.33. The van der Waals surface area contributed by atoms with E-state index in [4.69, 9.17) is 16.3 Å². The Morgan fingerprint density at radius 1 is 1.12 bits per heavy atom. The fraction of sp³-hybridized carbons (Fsp3) is 0.391. The molecule has 1 aliphatic rings. The van der Waals surface area contributed by atoms with Gasteiger partial charge in [0.2, 0.25) is 0 Å². The number of amides is 1. The highest BCUT2D eigenvalue weighted by Gasteiger charge is 2.39. The fourth-order valence-electron chi connectivity index (χ4n) is 3.63. The number of carbonyl (C=O) groups is 1. The van der Waals surface area contributed by atoms with E-state index in [1.54, 1.807) is 43.6 Å². The molecule has 0 N–H and O–H groups in total. The molecule has 2 aromatic carbocycles. The third-order valence-electron chi connectivity index (χ3n) is 5.10. The lowest BCUT2D eigenvalue weighted by molar-refractivity contribution is 0.0133. The Morgan fingerprint density at radius 3 is 2.41 bits per heavy atom. The van der Waals surface area contributed by atoms with Crippen LogP contribution in [0.1, 0.15) is 33.3 Å². The monoisotopic (exact) mass is 464 g/mol. The molecule has 3 rings (SSSR count). The summed E-state index contributed by atoms with van der Waals surface area (Å²) in [6.45, 7) is 7.96. The van der Waals surface area contributed by atoms with Crippen LogP contribution in [0.3, 0.4) is 0 Å². The van der Waals surface area contributed by atoms with Gasteiger partial charge in [0, 0.05) is 21.1 Å². The number of ether oxygens (including phenoxy) is 1. The first-order chi connectivity index (χ1) is 15.0. The van der Waals surface area contributed by atoms with Gasteiger partial charge in [0.1, 0.15) is 35.4 Å². The molecule has 1 saturated heterocycles. The minimum absolute atomic E-state index is 0.0809. The summed E-state index contributed by atoms with van der Waals surface area (Å²) in [6.07, 6.45) is -0.451. The van der Waals surface area contributed by atoms with E-state index < -0.39 is 23.3 Å². The summed E-state index contributed by atoms with van der Waals surface area (Å²) in [5.41, 5.74) is -0.372. The Balaban J connectivity index is 1.85. The van der Waals surface area contributed by atoms with Crippen molar-refractivity contribution in [1.29, 1.82) is 0 Å². The number of halogens is 3. The van der Waals surface area contributed by atoms with Crippen LogP contribution in [0.2, 0.25) is 5.02 Å². The molecule has 0 aliphatic carbocycles. The first-order valence-electron chi connectivity index (χ1n) is 10.2. The largest absolute Gasteiger partial charge is 0.444 e. The van der Waals surface area contributed by atoms with Gasteiger partial charge < -0.3 is 9.64 Å². The van der Waals surface area contributed by atoms with E-state index >= 15 is 4.39 Å². The lowest BCUT2D eigenvalue weighted by Crippen LogP contribution is -2.56. The van der Waals surface area contributed by atoms with Gasteiger partial charge in [-0.15, -0.1) is 0 Å². The van der Waals surface area contributed by atoms with Crippen molar-refractivity contribution < 1.29 is 18.3 Å². The molecule has 1 aliphatic heterocycles. The Morgan fingerprint density at radius 2 is 1.81 bits per heavy atom. The van der Waals surface area contributed by atoms with E-state index in [2.05, 4.69) is 4.85 Å². The molecule has 170 valence electrons. The molecule has 0 spiro atoms. The average Bonchev–Trinajstić information content (AvgIpc) is 2.71. The van der Waals surface area contributed by atoms with Crippen LogP contribution in [0, 0.1) is 16.5 Å². The quantitative estimate of drug-likeness (QED) is 0.363. The second kappa shape index (κ2) is 9.27. The van der Waals surface area contributed by atoms with Crippen molar-refractivity contribution in [3.05, 3.63) is 63.5 Å². The van der Waals surface area contributed by atoms with Crippen LogP contribution in [0.15, 0.2) is 36.4 Å². The van der Waals surface area contributed by atoms with Crippen molar-refractivity contribution in [2.75, 3.05) is 19.6 Å². The standard InChI is InChI=1S/C23H25ClF2N3O3/c1-14-13-28(22(30)32-23(2,3)4)9-10-29(14)21(27-31)17-11-18(24)16(12-20(17)26)15-7-5-6-8-19(15)25/h5-8,11-12,14H,9-10,13H2,1-4H3/q+1/t14-/m0/s1. The molecular formula is C23H25ClF2N3O3+. The van der Waals surface area contributed by atoms with Gasteiger partial charge in [0.25, 0.3) is 0 Å². The summed E-state index contributed by atoms with van der Waals surface area (Å²) < 4.78 is 34.6. The van der Waals surface area contributed by atoms with E-state index in [9.17, 15) is 14.1 Å². The van der Waals surface area contributed by atoms with Crippen molar-refractivity contribution in [2.45, 2.75) is 39.3 Å². The molecule has 1 fully saturated rings. The van der Waals surface area contributed by atoms with E-state index in [1.165, 1.54) is 24.3 Å². The van der Waals surface area contributed by atoms with Crippen LogP contribution < -0.4 is 4.85 Å². The molecule has 0 unspecified atom stereocenters. The molecule has 32 heavy (non-hydrogen) atoms. The second-order valence-electron chi connectivity index (χ2n) is 8.68. The van der Waals surface area contributed by atoms with Gasteiger partial charge >= 0.3 is 11.9 Å². The Kier molecular flexibility index (Phi) is 6.86. The van der Waals surface area contributed by atoms with Gasteiger partial charge in [0.15, 0.2) is 0 Å². The number of piperazine rings is 1. The van der Waals surface area contributed by atoms with Crippen molar-refractivity contribution in [3.63, 3.8) is 0 Å². The molecule has 1 atom stereocenters. The van der Waals surface area contributed by atoms with Crippen LogP contribution >= 0.6 is 11.6 Å². The number of nitrogens with zero attached hydrogens (tertiary/aromatic N) is 3. The van der Waals surface area contributed by atoms with E-state index in [-0.39, 0.29) is 53.2 Å². The number of rotatable bonds is 2. The normalized spacial score (nSPS) is 16.5. The molecule has 0 saturated carbocycles. The topological polar surface area (TPSA) is 64.0 Å². The Hall–Kier alpha value is -2.96. The highest BCUT2D eigenvalue weighted by atomic mass is 35.5. The molecule has 0 aromatic heterocycles. The third-order valence-corrected chi connectivity index (χ3v) is 5.41. The maximum atomic E-state index is 15.0. The van der Waals surface area contributed by atoms with Gasteiger partial charge in [-0.2, -0.15) is 0 Å². The maximum Gasteiger partial charge on any atom is 0.438 e. The van der Waals surface area contributed by atoms with Gasteiger partial charge in [-0.3, -0.25) is 0 Å². The van der Waals surface area contributed by atoms with Gasteiger partial charge in [0.05, 0.1) is 17.9 Å². The Labute approximate surface area is 190 Å². The number of carbonyl (C=O) groups excluding carboxylic acids is 1. The van der Waals surface area contributed by atoms with Crippen LogP contribution in [0.25, 0.3) is 11.1 Å². The minimum Gasteiger partial charge on any atom is -0.444 e. The molecule has 2 aromatic rings. The number of amidine groups is 1. The smallest absolute Gasteiger partial charge is 0.438 e. The van der Waals surface area contributed by atoms with Crippen molar-refractivity contribution in [2.24, 2.45) is 0 Å². The molecule has 1 heterocycles. The third kappa shape index (κ3) is 5.09. The highest BCUT2D eigenvalue weighted by molar-refractivity contribution is 6.33. The molecule has 6 nitrogen and oxygen atoms in total. The predicted octanol–water partition coefficient (Wildman–Crippen LogP) is 4.81. The average molecular weight is 465 g/mol. The number of hydrogen-bond acceptors (Lipinski definition) is 3. The van der Waals surface area contributed by atoms with Crippen LogP contribution in [0.4, 0.5) is 13.6 Å². The van der Waals surface area contributed by atoms with Crippen molar-refractivity contribution >= 4 is 23.5 Å². The zero-order chi connectivity index (χ0) is 23.6. The lowest BCUT2D eigenvalue weighted by Gasteiger charge is -2.35. The van der Waals surface area contributed by atoms with E-state index in [0.29, 0.717) is 0 Å². The zero-order valence-electron chi connectivity index (χ0n) is 18.4. The maximum absolute atomic E-state index is 15.0. The first-order valence-corrected chi connectivity index (χ1v) is 10.6. The number of benzene rings is 2. The molecule has 9 heteroatoms. The van der Waals surface area contributed by atoms with Crippen molar-refractivity contribution in [3.8, 4) is 11.1 Å². The van der Waals surface area contributed by atoms with E-state index in [0.717, 1.165) is 6.07 Å². The molecule has 0 radical (unpaired) electrons. The summed E-state index contributed by atoms with van der Waals surface area (Å²) in [7, 11) is 0. The summed E-state index contributed by atoms with van der Waals surface area (Å²) in [5.74, 6) is -1.41. The van der Waals surface area contributed by atoms with Gasteiger partial charge in [-0.1, -0.05) is 29.8 Å². The first kappa shape index (κ1) is 23.7. The molecular weight excluding hydrogens is 440 g/mol. The predicted molar refractivity (Wildman–Crippen MR) is 120 cm³/mol. The van der Waals surface area contributed by atoms with Crippen LogP contribution in [0.5, 0.6) is 0 Å². The molecule has 0 bridgehead atoms. The SMILES string of the molecule is C[C@H]1CN(C(=O)OC(C)(C)C)CCN1C(=[N+]=O)c1cc(Cl)c(-c2ccccc2F)cc1F. The lowest BCUT2D eigenvalue weighted by atomic mass is 10.0. The number of nitroso groups, excluding NO2 is 1. The van der Waals surface area contributed by atoms with Gasteiger partial charge in [-0.05, 0) is 45.9 Å². The van der Waals surface area contributed by atoms with E-state index in [1.807, 2.05) is 0 Å². The zero-order valence-corrected chi connectivity index (χ0v) is 19.1. The molecule has 1 amide bonds. The summed E-state index contributed by atoms with van der Waals surface area (Å²) in [4.78, 5) is 30.3. The number of hydrogen-bond donors (Lipinski definition) is 0. The summed E-state index contributed by atoms with van der Waals surface area (Å²) in [5, 5.41) is 0.0905.